The second kappa shape index (κ2) is 8.84. The van der Waals surface area contributed by atoms with Gasteiger partial charge in [0.25, 0.3) is 0 Å². The van der Waals surface area contributed by atoms with E-state index in [0.717, 1.165) is 21.8 Å². The maximum Gasteiger partial charge on any atom is 0.248 e. The third kappa shape index (κ3) is 5.42. The lowest BCUT2D eigenvalue weighted by Gasteiger charge is -2.08. The maximum absolute atomic E-state index is 12.2. The van der Waals surface area contributed by atoms with Crippen LogP contribution in [0.4, 0.5) is 5.69 Å². The van der Waals surface area contributed by atoms with Crippen LogP contribution in [0, 0.1) is 13.8 Å². The highest BCUT2D eigenvalue weighted by Gasteiger charge is 2.06. The van der Waals surface area contributed by atoms with E-state index in [-0.39, 0.29) is 5.91 Å². The predicted octanol–water partition coefficient (Wildman–Crippen LogP) is 5.64. The zero-order valence-electron chi connectivity index (χ0n) is 15.0. The first kappa shape index (κ1) is 19.1. The number of hydrogen-bond donors (Lipinski definition) is 1. The van der Waals surface area contributed by atoms with Gasteiger partial charge in [-0.25, -0.2) is 4.98 Å². The number of halogens is 1. The summed E-state index contributed by atoms with van der Waals surface area (Å²) >= 11 is 7.75. The molecule has 4 nitrogen and oxygen atoms in total. The van der Waals surface area contributed by atoms with Crippen molar-refractivity contribution in [3.8, 4) is 5.75 Å². The van der Waals surface area contributed by atoms with Crippen molar-refractivity contribution >= 4 is 40.6 Å². The van der Waals surface area contributed by atoms with Gasteiger partial charge in [0.1, 0.15) is 12.4 Å². The van der Waals surface area contributed by atoms with E-state index in [1.807, 2.05) is 55.6 Å². The second-order valence-corrected chi connectivity index (χ2v) is 7.46. The highest BCUT2D eigenvalue weighted by atomic mass is 35.5. The minimum atomic E-state index is -0.259. The average Bonchev–Trinajstić information content (AvgIpc) is 3.06. The number of aryl methyl sites for hydroxylation is 2. The molecular formula is C21H19ClN2O2S. The van der Waals surface area contributed by atoms with Gasteiger partial charge in [0.05, 0.1) is 21.4 Å². The highest BCUT2D eigenvalue weighted by Crippen LogP contribution is 2.24. The molecule has 1 amide bonds. The number of nitrogens with one attached hydrogen (secondary N) is 1. The third-order valence-corrected chi connectivity index (χ3v) is 4.89. The van der Waals surface area contributed by atoms with Gasteiger partial charge in [-0.1, -0.05) is 35.9 Å². The molecule has 0 atom stereocenters. The van der Waals surface area contributed by atoms with Crippen LogP contribution in [0.15, 0.2) is 53.9 Å². The standard InChI is InChI=1S/C21H19ClN2O2S/c1-14-7-9-19(18(22)11-14)24-21(25)10-8-16-5-3-4-6-20(16)26-12-17-13-27-15(2)23-17/h3-11,13H,12H2,1-2H3,(H,24,25)/b10-8+. The molecule has 0 unspecified atom stereocenters. The fourth-order valence-electron chi connectivity index (χ4n) is 2.44. The first-order valence-corrected chi connectivity index (χ1v) is 9.65. The van der Waals surface area contributed by atoms with Gasteiger partial charge in [0, 0.05) is 17.0 Å². The van der Waals surface area contributed by atoms with E-state index in [2.05, 4.69) is 10.3 Å². The Morgan fingerprint density at radius 2 is 2.07 bits per heavy atom. The van der Waals surface area contributed by atoms with Crippen LogP contribution in [0.25, 0.3) is 6.08 Å². The monoisotopic (exact) mass is 398 g/mol. The predicted molar refractivity (Wildman–Crippen MR) is 111 cm³/mol. The SMILES string of the molecule is Cc1ccc(NC(=O)/C=C/c2ccccc2OCc2csc(C)n2)c(Cl)c1. The number of carbonyl (C=O) groups is 1. The van der Waals surface area contributed by atoms with Gasteiger partial charge < -0.3 is 10.1 Å². The van der Waals surface area contributed by atoms with Crippen LogP contribution in [0.2, 0.25) is 5.02 Å². The van der Waals surface area contributed by atoms with Crippen LogP contribution in [0.5, 0.6) is 5.75 Å². The normalized spacial score (nSPS) is 10.9. The zero-order valence-corrected chi connectivity index (χ0v) is 16.6. The lowest BCUT2D eigenvalue weighted by Crippen LogP contribution is -2.08. The number of benzene rings is 2. The summed E-state index contributed by atoms with van der Waals surface area (Å²) < 4.78 is 5.86. The van der Waals surface area contributed by atoms with Gasteiger partial charge >= 0.3 is 0 Å². The number of para-hydroxylation sites is 1. The molecule has 0 spiro atoms. The van der Waals surface area contributed by atoms with E-state index in [1.165, 1.54) is 6.08 Å². The Hall–Kier alpha value is -2.63. The van der Waals surface area contributed by atoms with Crippen molar-refractivity contribution in [3.05, 3.63) is 80.8 Å². The molecule has 138 valence electrons. The fourth-order valence-corrected chi connectivity index (χ4v) is 3.32. The van der Waals surface area contributed by atoms with Gasteiger partial charge in [0.2, 0.25) is 5.91 Å². The summed E-state index contributed by atoms with van der Waals surface area (Å²) in [5.74, 6) is 0.436. The summed E-state index contributed by atoms with van der Waals surface area (Å²) in [6, 6.07) is 13.0. The Morgan fingerprint density at radius 3 is 2.81 bits per heavy atom. The van der Waals surface area contributed by atoms with Crippen LogP contribution in [0.3, 0.4) is 0 Å². The molecule has 0 fully saturated rings. The fraction of sp³-hybridized carbons (Fsp3) is 0.143. The van der Waals surface area contributed by atoms with Gasteiger partial charge in [-0.2, -0.15) is 0 Å². The smallest absolute Gasteiger partial charge is 0.248 e. The first-order valence-electron chi connectivity index (χ1n) is 8.39. The van der Waals surface area contributed by atoms with Crippen molar-refractivity contribution in [2.45, 2.75) is 20.5 Å². The van der Waals surface area contributed by atoms with E-state index in [9.17, 15) is 4.79 Å². The Labute approximate surface area is 167 Å². The lowest BCUT2D eigenvalue weighted by atomic mass is 10.2. The Balaban J connectivity index is 1.66. The molecule has 3 rings (SSSR count). The molecule has 0 saturated carbocycles. The zero-order chi connectivity index (χ0) is 19.2. The molecule has 0 bridgehead atoms. The molecule has 27 heavy (non-hydrogen) atoms. The summed E-state index contributed by atoms with van der Waals surface area (Å²) in [6.07, 6.45) is 3.18. The van der Waals surface area contributed by atoms with Crippen LogP contribution in [-0.4, -0.2) is 10.9 Å². The number of thiazole rings is 1. The Kier molecular flexibility index (Phi) is 6.27. The van der Waals surface area contributed by atoms with Gasteiger partial charge in [-0.3, -0.25) is 4.79 Å². The molecule has 6 heteroatoms. The average molecular weight is 399 g/mol. The van der Waals surface area contributed by atoms with E-state index in [0.29, 0.717) is 23.1 Å². The van der Waals surface area contributed by atoms with Gasteiger partial charge in [-0.05, 0) is 43.7 Å². The molecule has 3 aromatic rings. The second-order valence-electron chi connectivity index (χ2n) is 5.99. The van der Waals surface area contributed by atoms with E-state index < -0.39 is 0 Å². The maximum atomic E-state index is 12.2. The number of hydrogen-bond acceptors (Lipinski definition) is 4. The number of anilines is 1. The van der Waals surface area contributed by atoms with Crippen molar-refractivity contribution in [1.82, 2.24) is 4.98 Å². The van der Waals surface area contributed by atoms with Crippen LogP contribution in [-0.2, 0) is 11.4 Å². The van der Waals surface area contributed by atoms with Crippen LogP contribution >= 0.6 is 22.9 Å². The summed E-state index contributed by atoms with van der Waals surface area (Å²) in [4.78, 5) is 16.6. The van der Waals surface area contributed by atoms with Crippen LogP contribution in [0.1, 0.15) is 21.8 Å². The van der Waals surface area contributed by atoms with Crippen molar-refractivity contribution in [2.24, 2.45) is 0 Å². The number of aromatic nitrogens is 1. The molecule has 0 radical (unpaired) electrons. The number of rotatable bonds is 6. The first-order chi connectivity index (χ1) is 13.0. The third-order valence-electron chi connectivity index (χ3n) is 3.76. The molecular weight excluding hydrogens is 380 g/mol. The Bertz CT molecular complexity index is 982. The summed E-state index contributed by atoms with van der Waals surface area (Å²) in [6.45, 7) is 4.30. The molecule has 0 aliphatic rings. The minimum absolute atomic E-state index is 0.259. The van der Waals surface area contributed by atoms with Crippen molar-refractivity contribution in [2.75, 3.05) is 5.32 Å². The minimum Gasteiger partial charge on any atom is -0.487 e. The van der Waals surface area contributed by atoms with Crippen LogP contribution < -0.4 is 10.1 Å². The molecule has 1 heterocycles. The van der Waals surface area contributed by atoms with E-state index in [1.54, 1.807) is 23.5 Å². The number of amides is 1. The summed E-state index contributed by atoms with van der Waals surface area (Å²) in [5.41, 5.74) is 3.33. The van der Waals surface area contributed by atoms with Crippen molar-refractivity contribution in [1.29, 1.82) is 0 Å². The van der Waals surface area contributed by atoms with Crippen molar-refractivity contribution < 1.29 is 9.53 Å². The number of carbonyl (C=O) groups excluding carboxylic acids is 1. The molecule has 0 aliphatic carbocycles. The quantitative estimate of drug-likeness (QED) is 0.546. The molecule has 2 aromatic carbocycles. The Morgan fingerprint density at radius 1 is 1.26 bits per heavy atom. The molecule has 0 saturated heterocycles. The lowest BCUT2D eigenvalue weighted by molar-refractivity contribution is -0.111. The van der Waals surface area contributed by atoms with E-state index in [4.69, 9.17) is 16.3 Å². The summed E-state index contributed by atoms with van der Waals surface area (Å²) in [5, 5.41) is 6.28. The van der Waals surface area contributed by atoms with Gasteiger partial charge in [0.15, 0.2) is 0 Å². The topological polar surface area (TPSA) is 51.2 Å². The number of nitrogens with zero attached hydrogens (tertiary/aromatic N) is 1. The molecule has 1 N–H and O–H groups in total. The number of ether oxygens (including phenoxy) is 1. The largest absolute Gasteiger partial charge is 0.487 e. The summed E-state index contributed by atoms with van der Waals surface area (Å²) in [7, 11) is 0. The van der Waals surface area contributed by atoms with Gasteiger partial charge in [-0.15, -0.1) is 11.3 Å². The molecule has 0 aliphatic heterocycles. The van der Waals surface area contributed by atoms with E-state index >= 15 is 0 Å². The van der Waals surface area contributed by atoms with Crippen molar-refractivity contribution in [3.63, 3.8) is 0 Å². The molecule has 1 aromatic heterocycles. The highest BCUT2D eigenvalue weighted by molar-refractivity contribution is 7.09.